The number of benzene rings is 1. The lowest BCUT2D eigenvalue weighted by atomic mass is 10.0. The number of carbonyl (C=O) groups is 2. The summed E-state index contributed by atoms with van der Waals surface area (Å²) in [4.78, 5) is 26.9. The van der Waals surface area contributed by atoms with Gasteiger partial charge in [0, 0.05) is 11.5 Å². The van der Waals surface area contributed by atoms with Crippen molar-refractivity contribution in [3.8, 4) is 0 Å². The van der Waals surface area contributed by atoms with Crippen LogP contribution in [-0.2, 0) is 9.59 Å². The molecule has 0 saturated carbocycles. The maximum Gasteiger partial charge on any atom is 0.268 e. The van der Waals surface area contributed by atoms with Gasteiger partial charge in [0.25, 0.3) is 11.8 Å². The van der Waals surface area contributed by atoms with Gasteiger partial charge in [-0.05, 0) is 5.56 Å². The van der Waals surface area contributed by atoms with Crippen molar-refractivity contribution in [1.29, 1.82) is 0 Å². The quantitative estimate of drug-likeness (QED) is 0.803. The van der Waals surface area contributed by atoms with Gasteiger partial charge in [-0.2, -0.15) is 0 Å². The number of hydrogen-bond donors (Lipinski definition) is 2. The van der Waals surface area contributed by atoms with Crippen LogP contribution >= 0.6 is 23.5 Å². The van der Waals surface area contributed by atoms with Gasteiger partial charge < -0.3 is 10.2 Å². The molecule has 5 nitrogen and oxygen atoms in total. The van der Waals surface area contributed by atoms with Gasteiger partial charge in [-0.3, -0.25) is 14.5 Å². The fourth-order valence-corrected chi connectivity index (χ4v) is 4.85. The zero-order valence-electron chi connectivity index (χ0n) is 11.6. The summed E-state index contributed by atoms with van der Waals surface area (Å²) in [5, 5.41) is 20.1. The second-order valence-corrected chi connectivity index (χ2v) is 7.15. The summed E-state index contributed by atoms with van der Waals surface area (Å²) in [6, 6.07) is 7.76. The zero-order valence-corrected chi connectivity index (χ0v) is 13.3. The molecule has 116 valence electrons. The van der Waals surface area contributed by atoms with Gasteiger partial charge in [-0.25, -0.2) is 0 Å². The first-order valence-corrected chi connectivity index (χ1v) is 8.84. The van der Waals surface area contributed by atoms with Crippen molar-refractivity contribution in [3.63, 3.8) is 0 Å². The maximum atomic E-state index is 12.5. The SMILES string of the molecule is O=C1C2=C(SCCS2)C(=O)N1[C@H](CO)[C@H](O)c1ccccc1. The van der Waals surface area contributed by atoms with E-state index in [0.717, 1.165) is 16.4 Å². The second kappa shape index (κ2) is 6.45. The number of imide groups is 1. The van der Waals surface area contributed by atoms with Gasteiger partial charge in [-0.1, -0.05) is 30.3 Å². The Bertz CT molecular complexity index is 604. The molecule has 22 heavy (non-hydrogen) atoms. The van der Waals surface area contributed by atoms with Gasteiger partial charge in [0.05, 0.1) is 22.5 Å². The number of nitrogens with zero attached hydrogens (tertiary/aromatic N) is 1. The number of carbonyl (C=O) groups excluding carboxylic acids is 2. The highest BCUT2D eigenvalue weighted by Crippen LogP contribution is 2.42. The van der Waals surface area contributed by atoms with Gasteiger partial charge in [-0.15, -0.1) is 23.5 Å². The molecule has 0 unspecified atom stereocenters. The first kappa shape index (κ1) is 15.6. The fraction of sp³-hybridized carbons (Fsp3) is 0.333. The Morgan fingerprint density at radius 2 is 1.59 bits per heavy atom. The van der Waals surface area contributed by atoms with Crippen LogP contribution in [0.15, 0.2) is 40.1 Å². The monoisotopic (exact) mass is 337 g/mol. The lowest BCUT2D eigenvalue weighted by Gasteiger charge is -2.29. The molecule has 0 radical (unpaired) electrons. The number of amides is 2. The zero-order chi connectivity index (χ0) is 15.7. The van der Waals surface area contributed by atoms with Crippen molar-refractivity contribution < 1.29 is 19.8 Å². The van der Waals surface area contributed by atoms with Gasteiger partial charge >= 0.3 is 0 Å². The van der Waals surface area contributed by atoms with Gasteiger partial charge in [0.1, 0.15) is 6.10 Å². The second-order valence-electron chi connectivity index (χ2n) is 4.94. The first-order valence-electron chi connectivity index (χ1n) is 6.86. The largest absolute Gasteiger partial charge is 0.394 e. The van der Waals surface area contributed by atoms with Crippen LogP contribution in [0.4, 0.5) is 0 Å². The van der Waals surface area contributed by atoms with E-state index in [1.807, 2.05) is 6.07 Å². The van der Waals surface area contributed by atoms with Crippen molar-refractivity contribution in [2.45, 2.75) is 12.1 Å². The third-order valence-corrected chi connectivity index (χ3v) is 6.17. The highest BCUT2D eigenvalue weighted by Gasteiger charge is 2.45. The summed E-state index contributed by atoms with van der Waals surface area (Å²) < 4.78 is 0. The average Bonchev–Trinajstić information content (AvgIpc) is 2.82. The molecule has 0 fully saturated rings. The van der Waals surface area contributed by atoms with Crippen molar-refractivity contribution in [3.05, 3.63) is 45.7 Å². The van der Waals surface area contributed by atoms with E-state index < -0.39 is 30.6 Å². The Labute approximate surface area is 136 Å². The Morgan fingerprint density at radius 1 is 1.05 bits per heavy atom. The summed E-state index contributed by atoms with van der Waals surface area (Å²) >= 11 is 2.74. The van der Waals surface area contributed by atoms with Crippen molar-refractivity contribution >= 4 is 35.3 Å². The highest BCUT2D eigenvalue weighted by atomic mass is 32.2. The summed E-state index contributed by atoms with van der Waals surface area (Å²) in [5.74, 6) is 0.737. The third-order valence-electron chi connectivity index (χ3n) is 3.63. The topological polar surface area (TPSA) is 77.8 Å². The minimum Gasteiger partial charge on any atom is -0.394 e. The van der Waals surface area contributed by atoms with Gasteiger partial charge in [0.15, 0.2) is 0 Å². The molecule has 3 rings (SSSR count). The maximum absolute atomic E-state index is 12.5. The van der Waals surface area contributed by atoms with Crippen molar-refractivity contribution in [2.75, 3.05) is 18.1 Å². The number of aliphatic hydroxyl groups excluding tert-OH is 2. The molecule has 0 bridgehead atoms. The molecule has 2 amide bonds. The summed E-state index contributed by atoms with van der Waals surface area (Å²) in [6.45, 7) is -0.483. The van der Waals surface area contributed by atoms with E-state index in [1.165, 1.54) is 23.5 Å². The van der Waals surface area contributed by atoms with Crippen LogP contribution in [-0.4, -0.2) is 51.1 Å². The molecule has 1 aromatic rings. The molecular weight excluding hydrogens is 322 g/mol. The van der Waals surface area contributed by atoms with Crippen LogP contribution in [0.3, 0.4) is 0 Å². The van der Waals surface area contributed by atoms with Gasteiger partial charge in [0.2, 0.25) is 0 Å². The molecule has 0 aromatic heterocycles. The molecular formula is C15H15NO4S2. The molecule has 0 saturated heterocycles. The Hall–Kier alpha value is -1.28. The van der Waals surface area contributed by atoms with Crippen molar-refractivity contribution in [1.82, 2.24) is 4.90 Å². The average molecular weight is 337 g/mol. The van der Waals surface area contributed by atoms with E-state index in [2.05, 4.69) is 0 Å². The molecule has 2 aliphatic heterocycles. The first-order chi connectivity index (χ1) is 10.6. The van der Waals surface area contributed by atoms with E-state index in [9.17, 15) is 19.8 Å². The van der Waals surface area contributed by atoms with E-state index in [1.54, 1.807) is 24.3 Å². The predicted molar refractivity (Wildman–Crippen MR) is 86.1 cm³/mol. The molecule has 1 aromatic carbocycles. The van der Waals surface area contributed by atoms with Crippen LogP contribution in [0, 0.1) is 0 Å². The number of aliphatic hydroxyl groups is 2. The fourth-order valence-electron chi connectivity index (χ4n) is 2.54. The van der Waals surface area contributed by atoms with E-state index >= 15 is 0 Å². The van der Waals surface area contributed by atoms with Crippen LogP contribution in [0.5, 0.6) is 0 Å². The van der Waals surface area contributed by atoms with E-state index in [-0.39, 0.29) is 0 Å². The lowest BCUT2D eigenvalue weighted by molar-refractivity contribution is -0.144. The minimum atomic E-state index is -1.12. The van der Waals surface area contributed by atoms with Crippen LogP contribution in [0.1, 0.15) is 11.7 Å². The summed E-state index contributed by atoms with van der Waals surface area (Å²) in [7, 11) is 0. The Kier molecular flexibility index (Phi) is 4.58. The minimum absolute atomic E-state index is 0.411. The predicted octanol–water partition coefficient (Wildman–Crippen LogP) is 1.14. The Balaban J connectivity index is 1.89. The van der Waals surface area contributed by atoms with Crippen LogP contribution in [0.25, 0.3) is 0 Å². The van der Waals surface area contributed by atoms with Crippen LogP contribution in [0.2, 0.25) is 0 Å². The highest BCUT2D eigenvalue weighted by molar-refractivity contribution is 8.11. The standard InChI is InChI=1S/C15H15NO4S2/c17-8-10(11(18)9-4-2-1-3-5-9)16-14(19)12-13(15(16)20)22-7-6-21-12/h1-5,10-11,17-18H,6-8H2/t10-,11-/m1/s1. The Morgan fingerprint density at radius 3 is 2.09 bits per heavy atom. The molecule has 2 N–H and O–H groups in total. The molecule has 2 atom stereocenters. The molecule has 7 heteroatoms. The molecule has 0 aliphatic carbocycles. The smallest absolute Gasteiger partial charge is 0.268 e. The number of thioether (sulfide) groups is 2. The number of hydrogen-bond acceptors (Lipinski definition) is 6. The summed E-state index contributed by atoms with van der Waals surface area (Å²) in [5.41, 5.74) is 0.562. The normalized spacial score (nSPS) is 21.1. The van der Waals surface area contributed by atoms with E-state index in [4.69, 9.17) is 0 Å². The third kappa shape index (κ3) is 2.58. The summed E-state index contributed by atoms with van der Waals surface area (Å²) in [6.07, 6.45) is -1.12. The van der Waals surface area contributed by atoms with Crippen molar-refractivity contribution in [2.24, 2.45) is 0 Å². The molecule has 0 spiro atoms. The number of rotatable bonds is 4. The van der Waals surface area contributed by atoms with E-state index in [0.29, 0.717) is 15.4 Å². The molecule has 2 aliphatic rings. The molecule has 2 heterocycles. The van der Waals surface area contributed by atoms with Crippen LogP contribution < -0.4 is 0 Å². The lowest BCUT2D eigenvalue weighted by Crippen LogP contribution is -2.46.